The van der Waals surface area contributed by atoms with Gasteiger partial charge >= 0.3 is 5.97 Å². The van der Waals surface area contributed by atoms with Crippen LogP contribution in [0.4, 0.5) is 0 Å². The Bertz CT molecular complexity index is 781. The monoisotopic (exact) mass is 352 g/mol. The first-order valence-corrected chi connectivity index (χ1v) is 9.38. The van der Waals surface area contributed by atoms with Crippen LogP contribution in [0.2, 0.25) is 0 Å². The summed E-state index contributed by atoms with van der Waals surface area (Å²) in [6, 6.07) is 9.36. The summed E-state index contributed by atoms with van der Waals surface area (Å²) < 4.78 is 5.70. The Kier molecular flexibility index (Phi) is 4.02. The highest BCUT2D eigenvalue weighted by molar-refractivity contribution is 5.79. The summed E-state index contributed by atoms with van der Waals surface area (Å²) in [5.41, 5.74) is 0.568. The Hall–Kier alpha value is -2.35. The van der Waals surface area contributed by atoms with E-state index in [0.717, 1.165) is 37.7 Å². The van der Waals surface area contributed by atoms with E-state index >= 15 is 0 Å². The molecule has 1 amide bonds. The maximum atomic E-state index is 13.1. The molecule has 0 spiro atoms. The fourth-order valence-corrected chi connectivity index (χ4v) is 6.07. The van der Waals surface area contributed by atoms with Gasteiger partial charge in [-0.05, 0) is 56.4 Å². The molecule has 5 heteroatoms. The van der Waals surface area contributed by atoms with Crippen molar-refractivity contribution < 1.29 is 14.3 Å². The van der Waals surface area contributed by atoms with Gasteiger partial charge in [-0.15, -0.1) is 0 Å². The smallest absolute Gasteiger partial charge is 0.312 e. The zero-order valence-electron chi connectivity index (χ0n) is 15.1. The summed E-state index contributed by atoms with van der Waals surface area (Å²) in [4.78, 5) is 24.8. The molecule has 0 radical (unpaired) electrons. The minimum atomic E-state index is -0.478. The highest BCUT2D eigenvalue weighted by Crippen LogP contribution is 2.62. The molecule has 4 fully saturated rings. The number of nitrogens with one attached hydrogen (secondary N) is 1. The number of hydrogen-bond acceptors (Lipinski definition) is 4. The summed E-state index contributed by atoms with van der Waals surface area (Å²) >= 11 is 0. The van der Waals surface area contributed by atoms with Gasteiger partial charge in [0.05, 0.1) is 17.0 Å². The Morgan fingerprint density at radius 2 is 1.92 bits per heavy atom. The number of carbonyl (C=O) groups excluding carboxylic acids is 2. The number of nitriles is 1. The lowest BCUT2D eigenvalue weighted by Crippen LogP contribution is -2.64. The van der Waals surface area contributed by atoms with Crippen molar-refractivity contribution in [2.45, 2.75) is 57.6 Å². The number of ether oxygens (including phenoxy) is 1. The summed E-state index contributed by atoms with van der Waals surface area (Å²) in [7, 11) is 0. The minimum Gasteiger partial charge on any atom is -0.460 e. The topological polar surface area (TPSA) is 79.2 Å². The van der Waals surface area contributed by atoms with Crippen LogP contribution in [0.25, 0.3) is 0 Å². The van der Waals surface area contributed by atoms with Gasteiger partial charge in [0.15, 0.2) is 0 Å². The highest BCUT2D eigenvalue weighted by atomic mass is 16.5. The van der Waals surface area contributed by atoms with Gasteiger partial charge in [0, 0.05) is 18.0 Å². The first-order valence-electron chi connectivity index (χ1n) is 9.38. The van der Waals surface area contributed by atoms with Crippen LogP contribution in [-0.4, -0.2) is 17.4 Å². The average Bonchev–Trinajstić information content (AvgIpc) is 2.57. The second-order valence-electron chi connectivity index (χ2n) is 8.55. The molecular formula is C21H24N2O3. The summed E-state index contributed by atoms with van der Waals surface area (Å²) in [5.74, 6) is 0.802. The van der Waals surface area contributed by atoms with Crippen molar-refractivity contribution in [2.24, 2.45) is 17.3 Å². The Morgan fingerprint density at radius 1 is 1.23 bits per heavy atom. The molecule has 0 saturated heterocycles. The van der Waals surface area contributed by atoms with Gasteiger partial charge in [0.25, 0.3) is 0 Å². The average molecular weight is 352 g/mol. The Labute approximate surface area is 153 Å². The maximum absolute atomic E-state index is 13.1. The fraction of sp³-hybridized carbons (Fsp3) is 0.571. The predicted molar refractivity (Wildman–Crippen MR) is 94.6 cm³/mol. The van der Waals surface area contributed by atoms with E-state index < -0.39 is 5.41 Å². The van der Waals surface area contributed by atoms with E-state index in [1.807, 2.05) is 12.1 Å². The number of amides is 1. The lowest BCUT2D eigenvalue weighted by molar-refractivity contribution is -0.177. The molecule has 1 aromatic rings. The van der Waals surface area contributed by atoms with Gasteiger partial charge in [-0.3, -0.25) is 9.59 Å². The molecule has 1 N–H and O–H groups in total. The SMILES string of the molecule is CC(=O)NC12C[C@H]3C[C@@H](C1)CC(C(=O)OCc1ccccc1C#N)(C3)C2. The molecule has 5 nitrogen and oxygen atoms in total. The molecule has 0 aliphatic heterocycles. The quantitative estimate of drug-likeness (QED) is 0.845. The second kappa shape index (κ2) is 6.12. The largest absolute Gasteiger partial charge is 0.460 e. The van der Waals surface area contributed by atoms with Crippen LogP contribution in [0.1, 0.15) is 56.6 Å². The molecule has 0 aromatic heterocycles. The molecule has 4 aliphatic carbocycles. The summed E-state index contributed by atoms with van der Waals surface area (Å²) in [6.45, 7) is 1.69. The normalized spacial score (nSPS) is 34.2. The van der Waals surface area contributed by atoms with Crippen LogP contribution in [0.15, 0.2) is 24.3 Å². The van der Waals surface area contributed by atoms with Crippen LogP contribution in [0.5, 0.6) is 0 Å². The van der Waals surface area contributed by atoms with E-state index in [-0.39, 0.29) is 24.0 Å². The number of esters is 1. The fourth-order valence-electron chi connectivity index (χ4n) is 6.07. The Balaban J connectivity index is 1.52. The number of hydrogen-bond donors (Lipinski definition) is 1. The Morgan fingerprint density at radius 3 is 2.58 bits per heavy atom. The second-order valence-corrected chi connectivity index (χ2v) is 8.55. The highest BCUT2D eigenvalue weighted by Gasteiger charge is 2.61. The van der Waals surface area contributed by atoms with E-state index in [0.29, 0.717) is 23.8 Å². The summed E-state index contributed by atoms with van der Waals surface area (Å²) in [6.07, 6.45) is 5.54. The predicted octanol–water partition coefficient (Wildman–Crippen LogP) is 3.08. The molecule has 5 rings (SSSR count). The number of benzene rings is 1. The van der Waals surface area contributed by atoms with Crippen LogP contribution < -0.4 is 5.32 Å². The molecule has 1 aromatic carbocycles. The van der Waals surface area contributed by atoms with Crippen molar-refractivity contribution in [3.05, 3.63) is 35.4 Å². The molecule has 26 heavy (non-hydrogen) atoms. The van der Waals surface area contributed by atoms with Crippen LogP contribution in [0.3, 0.4) is 0 Å². The van der Waals surface area contributed by atoms with Crippen molar-refractivity contribution in [1.82, 2.24) is 5.32 Å². The number of carbonyl (C=O) groups is 2. The molecule has 2 unspecified atom stereocenters. The molecule has 4 aliphatic rings. The van der Waals surface area contributed by atoms with Gasteiger partial charge in [-0.25, -0.2) is 0 Å². The summed E-state index contributed by atoms with van der Waals surface area (Å²) in [5, 5.41) is 12.4. The van der Waals surface area contributed by atoms with E-state index in [1.54, 1.807) is 19.1 Å². The third-order valence-corrected chi connectivity index (χ3v) is 6.43. The molecule has 4 atom stereocenters. The minimum absolute atomic E-state index is 0.0154. The molecule has 136 valence electrons. The van der Waals surface area contributed by atoms with Gasteiger partial charge < -0.3 is 10.1 Å². The van der Waals surface area contributed by atoms with Gasteiger partial charge in [0.1, 0.15) is 6.61 Å². The molecular weight excluding hydrogens is 328 g/mol. The standard InChI is InChI=1S/C21H24N2O3/c1-14(24)23-21-9-15-6-16(10-21)8-20(7-15,13-21)19(25)26-12-18-5-3-2-4-17(18)11-22/h2-5,15-16H,6-10,12-13H2,1H3,(H,23,24)/t15-,16+,20?,21?. The maximum Gasteiger partial charge on any atom is 0.312 e. The zero-order chi connectivity index (χ0) is 18.4. The van der Waals surface area contributed by atoms with Crippen molar-refractivity contribution >= 4 is 11.9 Å². The molecule has 0 heterocycles. The molecule has 4 saturated carbocycles. The number of rotatable bonds is 4. The van der Waals surface area contributed by atoms with Crippen molar-refractivity contribution in [3.63, 3.8) is 0 Å². The third kappa shape index (κ3) is 2.88. The van der Waals surface area contributed by atoms with Crippen molar-refractivity contribution in [3.8, 4) is 6.07 Å². The van der Waals surface area contributed by atoms with E-state index in [1.165, 1.54) is 0 Å². The van der Waals surface area contributed by atoms with Crippen LogP contribution in [0, 0.1) is 28.6 Å². The van der Waals surface area contributed by atoms with E-state index in [4.69, 9.17) is 4.74 Å². The molecule has 4 bridgehead atoms. The van der Waals surface area contributed by atoms with E-state index in [2.05, 4.69) is 11.4 Å². The number of nitrogens with zero attached hydrogens (tertiary/aromatic N) is 1. The van der Waals surface area contributed by atoms with Crippen molar-refractivity contribution in [1.29, 1.82) is 5.26 Å². The van der Waals surface area contributed by atoms with Crippen LogP contribution >= 0.6 is 0 Å². The first kappa shape index (κ1) is 17.1. The first-order chi connectivity index (χ1) is 12.4. The van der Waals surface area contributed by atoms with Gasteiger partial charge in [-0.1, -0.05) is 18.2 Å². The van der Waals surface area contributed by atoms with E-state index in [9.17, 15) is 14.9 Å². The van der Waals surface area contributed by atoms with Crippen LogP contribution in [-0.2, 0) is 20.9 Å². The zero-order valence-corrected chi connectivity index (χ0v) is 15.1. The van der Waals surface area contributed by atoms with Crippen molar-refractivity contribution in [2.75, 3.05) is 0 Å². The lowest BCUT2D eigenvalue weighted by Gasteiger charge is -2.60. The van der Waals surface area contributed by atoms with Gasteiger partial charge in [0.2, 0.25) is 5.91 Å². The third-order valence-electron chi connectivity index (χ3n) is 6.43. The lowest BCUT2D eigenvalue weighted by atomic mass is 9.47. The van der Waals surface area contributed by atoms with Gasteiger partial charge in [-0.2, -0.15) is 5.26 Å².